The van der Waals surface area contributed by atoms with Gasteiger partial charge in [0.05, 0.1) is 0 Å². The molecule has 2 aliphatic rings. The van der Waals surface area contributed by atoms with Gasteiger partial charge in [-0.25, -0.2) is 0 Å². The molecule has 0 aromatic carbocycles. The summed E-state index contributed by atoms with van der Waals surface area (Å²) >= 11 is 0. The number of piperidine rings is 1. The third-order valence-corrected chi connectivity index (χ3v) is 5.59. The molecule has 0 aromatic rings. The molecule has 0 spiro atoms. The molecule has 0 radical (unpaired) electrons. The maximum Gasteiger partial charge on any atom is 0.0200 e. The van der Waals surface area contributed by atoms with Crippen molar-refractivity contribution in [3.8, 4) is 0 Å². The lowest BCUT2D eigenvalue weighted by molar-refractivity contribution is 0.366. The van der Waals surface area contributed by atoms with Crippen molar-refractivity contribution < 1.29 is 0 Å². The first-order valence-electron chi connectivity index (χ1n) is 4.46. The monoisotopic (exact) mass is 189 g/mol. The highest BCUT2D eigenvalue weighted by molar-refractivity contribution is 8.77. The molecule has 2 rings (SSSR count). The quantitative estimate of drug-likeness (QED) is 0.635. The van der Waals surface area contributed by atoms with Crippen LogP contribution in [-0.2, 0) is 0 Å². The Morgan fingerprint density at radius 3 is 2.91 bits per heavy atom. The molecule has 64 valence electrons. The summed E-state index contributed by atoms with van der Waals surface area (Å²) in [6, 6.07) is 0. The van der Waals surface area contributed by atoms with Crippen LogP contribution in [0.4, 0.5) is 0 Å². The summed E-state index contributed by atoms with van der Waals surface area (Å²) in [6.07, 6.45) is 4.30. The topological polar surface area (TPSA) is 12.0 Å². The van der Waals surface area contributed by atoms with E-state index in [-0.39, 0.29) is 0 Å². The van der Waals surface area contributed by atoms with Crippen LogP contribution in [-0.4, -0.2) is 24.1 Å². The van der Waals surface area contributed by atoms with Gasteiger partial charge in [0.2, 0.25) is 0 Å². The zero-order chi connectivity index (χ0) is 7.52. The average molecular weight is 189 g/mol. The molecular weight excluding hydrogens is 174 g/mol. The fraction of sp³-hybridized carbons (Fsp3) is 1.00. The van der Waals surface area contributed by atoms with Gasteiger partial charge < -0.3 is 5.32 Å². The Morgan fingerprint density at radius 2 is 2.27 bits per heavy atom. The largest absolute Gasteiger partial charge is 0.316 e. The molecule has 1 N–H and O–H groups in total. The number of hydrogen-bond acceptors (Lipinski definition) is 3. The van der Waals surface area contributed by atoms with Gasteiger partial charge in [-0.05, 0) is 38.3 Å². The molecular formula is C8H15NS2. The lowest BCUT2D eigenvalue weighted by Crippen LogP contribution is -2.34. The molecule has 2 atom stereocenters. The minimum Gasteiger partial charge on any atom is -0.316 e. The van der Waals surface area contributed by atoms with Crippen molar-refractivity contribution in [2.24, 2.45) is 5.92 Å². The molecule has 2 saturated heterocycles. The van der Waals surface area contributed by atoms with E-state index in [4.69, 9.17) is 0 Å². The molecule has 11 heavy (non-hydrogen) atoms. The van der Waals surface area contributed by atoms with Gasteiger partial charge in [-0.3, -0.25) is 0 Å². The summed E-state index contributed by atoms with van der Waals surface area (Å²) in [4.78, 5) is 0. The molecule has 2 unspecified atom stereocenters. The highest BCUT2D eigenvalue weighted by Crippen LogP contribution is 2.42. The average Bonchev–Trinajstić information content (AvgIpc) is 2.58. The van der Waals surface area contributed by atoms with Gasteiger partial charge in [0, 0.05) is 11.0 Å². The van der Waals surface area contributed by atoms with Gasteiger partial charge >= 0.3 is 0 Å². The van der Waals surface area contributed by atoms with Crippen LogP contribution in [0.2, 0.25) is 0 Å². The molecule has 0 bridgehead atoms. The summed E-state index contributed by atoms with van der Waals surface area (Å²) in [5, 5.41) is 4.45. The van der Waals surface area contributed by atoms with Crippen LogP contribution in [0.3, 0.4) is 0 Å². The van der Waals surface area contributed by atoms with Gasteiger partial charge in [0.15, 0.2) is 0 Å². The van der Waals surface area contributed by atoms with Crippen LogP contribution in [0.25, 0.3) is 0 Å². The van der Waals surface area contributed by atoms with Crippen LogP contribution in [0.15, 0.2) is 0 Å². The van der Waals surface area contributed by atoms with Gasteiger partial charge in [0.25, 0.3) is 0 Å². The summed E-state index contributed by atoms with van der Waals surface area (Å²) in [7, 11) is 4.19. The summed E-state index contributed by atoms with van der Waals surface area (Å²) in [5.74, 6) is 2.36. The van der Waals surface area contributed by atoms with E-state index in [1.165, 1.54) is 38.1 Å². The van der Waals surface area contributed by atoms with E-state index in [9.17, 15) is 0 Å². The summed E-state index contributed by atoms with van der Waals surface area (Å²) < 4.78 is 0. The smallest absolute Gasteiger partial charge is 0.0200 e. The van der Waals surface area contributed by atoms with Crippen LogP contribution < -0.4 is 5.32 Å². The number of nitrogens with one attached hydrogen (secondary N) is 1. The van der Waals surface area contributed by atoms with Crippen LogP contribution in [0.1, 0.15) is 19.3 Å². The molecule has 0 amide bonds. The Kier molecular flexibility index (Phi) is 3.05. The molecule has 2 heterocycles. The first-order chi connectivity index (χ1) is 5.47. The molecule has 2 fully saturated rings. The van der Waals surface area contributed by atoms with Crippen molar-refractivity contribution in [1.82, 2.24) is 5.32 Å². The Labute approximate surface area is 76.5 Å². The maximum absolute atomic E-state index is 3.49. The van der Waals surface area contributed by atoms with E-state index in [0.29, 0.717) is 0 Å². The molecule has 2 aliphatic heterocycles. The van der Waals surface area contributed by atoms with Gasteiger partial charge in [0.1, 0.15) is 0 Å². The standard InChI is InChI=1S/C8H15NS2/c1-2-7(6-9-4-1)8-3-5-10-11-8/h7-9H,1-6H2. The van der Waals surface area contributed by atoms with E-state index < -0.39 is 0 Å². The minimum absolute atomic E-state index is 0.966. The van der Waals surface area contributed by atoms with Crippen LogP contribution in [0, 0.1) is 5.92 Å². The number of hydrogen-bond donors (Lipinski definition) is 1. The Morgan fingerprint density at radius 1 is 1.27 bits per heavy atom. The van der Waals surface area contributed by atoms with Crippen molar-refractivity contribution >= 4 is 21.6 Å². The van der Waals surface area contributed by atoms with Crippen molar-refractivity contribution in [2.75, 3.05) is 18.8 Å². The number of rotatable bonds is 1. The Hall–Kier alpha value is 0.660. The normalized spacial score (nSPS) is 39.3. The third-order valence-electron chi connectivity index (χ3n) is 2.54. The van der Waals surface area contributed by atoms with E-state index >= 15 is 0 Å². The van der Waals surface area contributed by atoms with E-state index in [1.807, 2.05) is 0 Å². The molecule has 0 saturated carbocycles. The second kappa shape index (κ2) is 4.06. The van der Waals surface area contributed by atoms with Crippen molar-refractivity contribution in [3.63, 3.8) is 0 Å². The zero-order valence-electron chi connectivity index (χ0n) is 6.71. The van der Waals surface area contributed by atoms with Crippen molar-refractivity contribution in [1.29, 1.82) is 0 Å². The Bertz CT molecular complexity index is 117. The van der Waals surface area contributed by atoms with Gasteiger partial charge in [-0.1, -0.05) is 21.6 Å². The highest BCUT2D eigenvalue weighted by Gasteiger charge is 2.27. The highest BCUT2D eigenvalue weighted by atomic mass is 33.1. The van der Waals surface area contributed by atoms with Crippen molar-refractivity contribution in [2.45, 2.75) is 24.5 Å². The van der Waals surface area contributed by atoms with Crippen molar-refractivity contribution in [3.05, 3.63) is 0 Å². The molecule has 0 aliphatic carbocycles. The predicted molar refractivity (Wildman–Crippen MR) is 54.0 cm³/mol. The fourth-order valence-electron chi connectivity index (χ4n) is 1.86. The molecule has 3 heteroatoms. The SMILES string of the molecule is C1CNCC(C2CCSS2)C1. The van der Waals surface area contributed by atoms with Gasteiger partial charge in [-0.15, -0.1) is 0 Å². The second-order valence-corrected chi connectivity index (χ2v) is 6.08. The maximum atomic E-state index is 3.49. The van der Waals surface area contributed by atoms with E-state index in [0.717, 1.165) is 11.2 Å². The summed E-state index contributed by atoms with van der Waals surface area (Å²) in [5.41, 5.74) is 0. The van der Waals surface area contributed by atoms with E-state index in [1.54, 1.807) is 0 Å². The lowest BCUT2D eigenvalue weighted by atomic mass is 9.94. The van der Waals surface area contributed by atoms with Gasteiger partial charge in [-0.2, -0.15) is 0 Å². The summed E-state index contributed by atoms with van der Waals surface area (Å²) in [6.45, 7) is 2.53. The second-order valence-electron chi connectivity index (χ2n) is 3.35. The fourth-order valence-corrected chi connectivity index (χ4v) is 5.09. The zero-order valence-corrected chi connectivity index (χ0v) is 8.35. The molecule has 0 aromatic heterocycles. The third kappa shape index (κ3) is 2.07. The predicted octanol–water partition coefficient (Wildman–Crippen LogP) is 2.14. The van der Waals surface area contributed by atoms with E-state index in [2.05, 4.69) is 26.9 Å². The first kappa shape index (κ1) is 8.27. The molecule has 1 nitrogen and oxygen atoms in total. The minimum atomic E-state index is 0.966. The first-order valence-corrected chi connectivity index (χ1v) is 6.84. The Balaban J connectivity index is 1.82. The lowest BCUT2D eigenvalue weighted by Gasteiger charge is -2.26. The van der Waals surface area contributed by atoms with Crippen LogP contribution >= 0.6 is 21.6 Å². The van der Waals surface area contributed by atoms with Crippen LogP contribution in [0.5, 0.6) is 0 Å².